The predicted molar refractivity (Wildman–Crippen MR) is 118 cm³/mol. The van der Waals surface area contributed by atoms with Gasteiger partial charge in [0, 0.05) is 23.0 Å². The number of hydrogen-bond donors (Lipinski definition) is 0. The lowest BCUT2D eigenvalue weighted by Gasteiger charge is -2.29. The van der Waals surface area contributed by atoms with Gasteiger partial charge in [-0.25, -0.2) is 4.90 Å². The number of benzene rings is 2. The molecule has 0 N–H and O–H groups in total. The summed E-state index contributed by atoms with van der Waals surface area (Å²) in [5, 5.41) is 0.644. The predicted octanol–water partition coefficient (Wildman–Crippen LogP) is 5.32. The second-order valence-electron chi connectivity index (χ2n) is 7.57. The summed E-state index contributed by atoms with van der Waals surface area (Å²) in [7, 11) is 0. The fraction of sp³-hybridized carbons (Fsp3) is 0.304. The molecule has 0 bridgehead atoms. The number of carbonyl (C=O) groups excluding carboxylic acids is 2. The van der Waals surface area contributed by atoms with Crippen LogP contribution in [0, 0.1) is 13.8 Å². The summed E-state index contributed by atoms with van der Waals surface area (Å²) in [6.07, 6.45) is 3.23. The van der Waals surface area contributed by atoms with Crippen molar-refractivity contribution >= 4 is 40.9 Å². The standard InChI is InChI=1S/C23H23ClN2O2S/c1-15-12-16(2)14-18(13-15)26-22(27)20(25-10-4-3-5-11-25)21(23(26)28)29-19-8-6-17(24)7-9-19/h6-9,12-14H,3-5,10-11H2,1-2H3. The highest BCUT2D eigenvalue weighted by atomic mass is 35.5. The SMILES string of the molecule is Cc1cc(C)cc(N2C(=O)C(Sc3ccc(Cl)cc3)=C(N3CCCCC3)C2=O)c1. The normalized spacial score (nSPS) is 17.5. The maximum absolute atomic E-state index is 13.5. The summed E-state index contributed by atoms with van der Waals surface area (Å²) < 4.78 is 0. The Morgan fingerprint density at radius 1 is 0.862 bits per heavy atom. The van der Waals surface area contributed by atoms with Crippen LogP contribution in [0.25, 0.3) is 0 Å². The van der Waals surface area contributed by atoms with Crippen molar-refractivity contribution in [2.24, 2.45) is 0 Å². The maximum Gasteiger partial charge on any atom is 0.283 e. The van der Waals surface area contributed by atoms with Gasteiger partial charge in [0.05, 0.1) is 5.69 Å². The molecule has 0 atom stereocenters. The Bertz CT molecular complexity index is 974. The Kier molecular flexibility index (Phi) is 5.70. The number of likely N-dealkylation sites (tertiary alicyclic amines) is 1. The molecule has 29 heavy (non-hydrogen) atoms. The van der Waals surface area contributed by atoms with E-state index in [4.69, 9.17) is 11.6 Å². The molecule has 150 valence electrons. The smallest absolute Gasteiger partial charge is 0.283 e. The first-order valence-corrected chi connectivity index (χ1v) is 11.0. The number of imide groups is 1. The van der Waals surface area contributed by atoms with Gasteiger partial charge in [0.25, 0.3) is 11.8 Å². The molecule has 2 amide bonds. The van der Waals surface area contributed by atoms with Crippen molar-refractivity contribution in [3.8, 4) is 0 Å². The van der Waals surface area contributed by atoms with Crippen LogP contribution in [0.4, 0.5) is 5.69 Å². The van der Waals surface area contributed by atoms with Crippen LogP contribution >= 0.6 is 23.4 Å². The minimum atomic E-state index is -0.250. The molecule has 2 aromatic rings. The summed E-state index contributed by atoms with van der Waals surface area (Å²) >= 11 is 7.35. The Morgan fingerprint density at radius 3 is 2.10 bits per heavy atom. The second kappa shape index (κ2) is 8.25. The molecule has 6 heteroatoms. The summed E-state index contributed by atoms with van der Waals surface area (Å²) in [5.41, 5.74) is 3.23. The van der Waals surface area contributed by atoms with Crippen LogP contribution in [0.3, 0.4) is 0 Å². The number of thioether (sulfide) groups is 1. The number of carbonyl (C=O) groups is 2. The van der Waals surface area contributed by atoms with Crippen LogP contribution in [0.2, 0.25) is 5.02 Å². The highest BCUT2D eigenvalue weighted by Gasteiger charge is 2.42. The Balaban J connectivity index is 1.75. The molecule has 0 saturated carbocycles. The number of piperidine rings is 1. The Hall–Kier alpha value is -2.24. The van der Waals surface area contributed by atoms with Gasteiger partial charge in [-0.15, -0.1) is 0 Å². The zero-order valence-electron chi connectivity index (χ0n) is 16.6. The van der Waals surface area contributed by atoms with E-state index < -0.39 is 0 Å². The van der Waals surface area contributed by atoms with E-state index in [1.807, 2.05) is 44.2 Å². The third-order valence-corrected chi connectivity index (χ3v) is 6.52. The van der Waals surface area contributed by atoms with Crippen LogP contribution in [0.15, 0.2) is 58.0 Å². The molecule has 0 aliphatic carbocycles. The lowest BCUT2D eigenvalue weighted by atomic mass is 10.1. The lowest BCUT2D eigenvalue weighted by molar-refractivity contribution is -0.121. The number of halogens is 1. The molecule has 1 fully saturated rings. The Labute approximate surface area is 180 Å². The van der Waals surface area contributed by atoms with Crippen molar-refractivity contribution in [1.82, 2.24) is 4.90 Å². The van der Waals surface area contributed by atoms with Gasteiger partial charge in [0.1, 0.15) is 10.6 Å². The number of nitrogens with zero attached hydrogens (tertiary/aromatic N) is 2. The molecule has 0 aromatic heterocycles. The van der Waals surface area contributed by atoms with Crippen molar-refractivity contribution in [2.75, 3.05) is 18.0 Å². The molecule has 2 heterocycles. The fourth-order valence-corrected chi connectivity index (χ4v) is 5.05. The van der Waals surface area contributed by atoms with Crippen LogP contribution in [0.5, 0.6) is 0 Å². The molecule has 0 spiro atoms. The van der Waals surface area contributed by atoms with Gasteiger partial charge in [0.2, 0.25) is 0 Å². The molecular formula is C23H23ClN2O2S. The highest BCUT2D eigenvalue weighted by Crippen LogP contribution is 2.40. The van der Waals surface area contributed by atoms with Gasteiger partial charge in [-0.3, -0.25) is 9.59 Å². The number of rotatable bonds is 4. The van der Waals surface area contributed by atoms with Crippen molar-refractivity contribution in [3.05, 3.63) is 69.2 Å². The fourth-order valence-electron chi connectivity index (χ4n) is 3.92. The van der Waals surface area contributed by atoms with E-state index in [1.54, 1.807) is 12.1 Å². The van der Waals surface area contributed by atoms with E-state index in [0.717, 1.165) is 48.4 Å². The van der Waals surface area contributed by atoms with Crippen LogP contribution in [-0.4, -0.2) is 29.8 Å². The van der Waals surface area contributed by atoms with E-state index in [9.17, 15) is 9.59 Å². The van der Waals surface area contributed by atoms with E-state index in [-0.39, 0.29) is 11.8 Å². The molecule has 2 aliphatic rings. The average molecular weight is 427 g/mol. The summed E-state index contributed by atoms with van der Waals surface area (Å²) in [4.78, 5) is 31.7. The van der Waals surface area contributed by atoms with Crippen molar-refractivity contribution in [2.45, 2.75) is 38.0 Å². The zero-order chi connectivity index (χ0) is 20.5. The minimum absolute atomic E-state index is 0.224. The molecule has 4 rings (SSSR count). The largest absolute Gasteiger partial charge is 0.366 e. The van der Waals surface area contributed by atoms with Crippen LogP contribution < -0.4 is 4.90 Å². The van der Waals surface area contributed by atoms with Crippen molar-refractivity contribution in [3.63, 3.8) is 0 Å². The second-order valence-corrected chi connectivity index (χ2v) is 9.09. The molecular weight excluding hydrogens is 404 g/mol. The first-order chi connectivity index (χ1) is 13.9. The Morgan fingerprint density at radius 2 is 1.48 bits per heavy atom. The number of amides is 2. The summed E-state index contributed by atoms with van der Waals surface area (Å²) in [5.74, 6) is -0.473. The van der Waals surface area contributed by atoms with Crippen LogP contribution in [0.1, 0.15) is 30.4 Å². The van der Waals surface area contributed by atoms with Gasteiger partial charge in [-0.05, 0) is 80.6 Å². The van der Waals surface area contributed by atoms with Crippen LogP contribution in [-0.2, 0) is 9.59 Å². The molecule has 1 saturated heterocycles. The third kappa shape index (κ3) is 4.07. The number of hydrogen-bond acceptors (Lipinski definition) is 4. The first-order valence-electron chi connectivity index (χ1n) is 9.84. The van der Waals surface area contributed by atoms with E-state index in [2.05, 4.69) is 4.90 Å². The molecule has 4 nitrogen and oxygen atoms in total. The van der Waals surface area contributed by atoms with E-state index in [1.165, 1.54) is 16.7 Å². The monoisotopic (exact) mass is 426 g/mol. The number of anilines is 1. The topological polar surface area (TPSA) is 40.6 Å². The molecule has 0 unspecified atom stereocenters. The summed E-state index contributed by atoms with van der Waals surface area (Å²) in [6, 6.07) is 13.2. The number of aryl methyl sites for hydroxylation is 2. The van der Waals surface area contributed by atoms with Gasteiger partial charge < -0.3 is 4.90 Å². The molecule has 0 radical (unpaired) electrons. The first kappa shape index (κ1) is 20.0. The van der Waals surface area contributed by atoms with Crippen molar-refractivity contribution < 1.29 is 9.59 Å². The van der Waals surface area contributed by atoms with Gasteiger partial charge in [0.15, 0.2) is 0 Å². The van der Waals surface area contributed by atoms with Gasteiger partial charge in [-0.1, -0.05) is 29.4 Å². The maximum atomic E-state index is 13.5. The molecule has 2 aliphatic heterocycles. The van der Waals surface area contributed by atoms with Crippen molar-refractivity contribution in [1.29, 1.82) is 0 Å². The van der Waals surface area contributed by atoms with Gasteiger partial charge in [-0.2, -0.15) is 0 Å². The third-order valence-electron chi connectivity index (χ3n) is 5.19. The highest BCUT2D eigenvalue weighted by molar-refractivity contribution is 8.04. The lowest BCUT2D eigenvalue weighted by Crippen LogP contribution is -2.37. The minimum Gasteiger partial charge on any atom is -0.366 e. The van der Waals surface area contributed by atoms with E-state index in [0.29, 0.717) is 21.3 Å². The average Bonchev–Trinajstić information content (AvgIpc) is 2.93. The molecule has 2 aromatic carbocycles. The van der Waals surface area contributed by atoms with E-state index >= 15 is 0 Å². The van der Waals surface area contributed by atoms with Gasteiger partial charge >= 0.3 is 0 Å². The quantitative estimate of drug-likeness (QED) is 0.620. The summed E-state index contributed by atoms with van der Waals surface area (Å²) in [6.45, 7) is 5.56. The zero-order valence-corrected chi connectivity index (χ0v) is 18.1.